The number of fused-ring (bicyclic) bond motifs is 2. The average molecular weight is 338 g/mol. The van der Waals surface area contributed by atoms with Crippen molar-refractivity contribution in [2.24, 2.45) is 0 Å². The van der Waals surface area contributed by atoms with Crippen molar-refractivity contribution in [1.29, 1.82) is 0 Å². The van der Waals surface area contributed by atoms with Gasteiger partial charge in [0.15, 0.2) is 0 Å². The minimum atomic E-state index is 0.145. The van der Waals surface area contributed by atoms with Crippen LogP contribution in [0.2, 0.25) is 0 Å². The smallest absolute Gasteiger partial charge is 0.220 e. The molecule has 1 spiro atoms. The first-order valence-electron chi connectivity index (χ1n) is 9.25. The number of benzene rings is 1. The molecule has 1 aromatic carbocycles. The molecule has 1 fully saturated rings. The Balaban J connectivity index is 1.50. The van der Waals surface area contributed by atoms with E-state index in [0.29, 0.717) is 12.3 Å². The fourth-order valence-electron chi connectivity index (χ4n) is 4.77. The Kier molecular flexibility index (Phi) is 4.38. The topological polar surface area (TPSA) is 45.5 Å². The predicted molar refractivity (Wildman–Crippen MR) is 97.4 cm³/mol. The van der Waals surface area contributed by atoms with Crippen molar-refractivity contribution in [3.8, 4) is 0 Å². The molecule has 1 atom stereocenters. The minimum Gasteiger partial charge on any atom is -0.468 e. The van der Waals surface area contributed by atoms with Crippen LogP contribution in [0.3, 0.4) is 0 Å². The van der Waals surface area contributed by atoms with Crippen LogP contribution in [0.25, 0.3) is 0 Å². The van der Waals surface area contributed by atoms with Crippen LogP contribution in [-0.4, -0.2) is 30.9 Å². The Morgan fingerprint density at radius 1 is 1.24 bits per heavy atom. The van der Waals surface area contributed by atoms with E-state index in [9.17, 15) is 4.79 Å². The Morgan fingerprint density at radius 2 is 2.04 bits per heavy atom. The van der Waals surface area contributed by atoms with Crippen LogP contribution >= 0.6 is 0 Å². The zero-order valence-corrected chi connectivity index (χ0v) is 14.8. The molecule has 1 saturated heterocycles. The molecule has 4 nitrogen and oxygen atoms in total. The highest BCUT2D eigenvalue weighted by Crippen LogP contribution is 2.52. The highest BCUT2D eigenvalue weighted by Gasteiger charge is 2.45. The second-order valence-electron chi connectivity index (χ2n) is 7.50. The summed E-state index contributed by atoms with van der Waals surface area (Å²) in [6.45, 7) is 3.07. The molecule has 0 saturated carbocycles. The molecule has 2 aliphatic rings. The van der Waals surface area contributed by atoms with Crippen molar-refractivity contribution in [3.05, 3.63) is 59.5 Å². The maximum Gasteiger partial charge on any atom is 0.220 e. The number of rotatable bonds is 4. The van der Waals surface area contributed by atoms with E-state index in [-0.39, 0.29) is 11.3 Å². The number of hydrogen-bond acceptors (Lipinski definition) is 3. The number of carbonyl (C=O) groups excluding carboxylic acids is 1. The van der Waals surface area contributed by atoms with E-state index in [1.165, 1.54) is 11.1 Å². The van der Waals surface area contributed by atoms with E-state index >= 15 is 0 Å². The first-order valence-corrected chi connectivity index (χ1v) is 9.25. The van der Waals surface area contributed by atoms with Crippen molar-refractivity contribution in [2.45, 2.75) is 43.6 Å². The molecule has 0 radical (unpaired) electrons. The number of furan rings is 1. The lowest BCUT2D eigenvalue weighted by Gasteiger charge is -2.40. The largest absolute Gasteiger partial charge is 0.468 e. The van der Waals surface area contributed by atoms with E-state index in [1.54, 1.807) is 13.3 Å². The van der Waals surface area contributed by atoms with Gasteiger partial charge >= 0.3 is 0 Å². The lowest BCUT2D eigenvalue weighted by molar-refractivity contribution is -0.121. The minimum absolute atomic E-state index is 0.145. The van der Waals surface area contributed by atoms with Gasteiger partial charge in [0.1, 0.15) is 5.76 Å². The molecule has 1 aliphatic carbocycles. The van der Waals surface area contributed by atoms with E-state index < -0.39 is 0 Å². The third-order valence-corrected chi connectivity index (χ3v) is 6.09. The molecule has 1 N–H and O–H groups in total. The van der Waals surface area contributed by atoms with Gasteiger partial charge in [-0.05, 0) is 66.9 Å². The molecule has 4 rings (SSSR count). The lowest BCUT2D eigenvalue weighted by atomic mass is 9.73. The number of likely N-dealkylation sites (tertiary alicyclic amines) is 1. The summed E-state index contributed by atoms with van der Waals surface area (Å²) in [6, 6.07) is 12.8. The predicted octanol–water partition coefficient (Wildman–Crippen LogP) is 3.44. The summed E-state index contributed by atoms with van der Waals surface area (Å²) in [6.07, 6.45) is 5.78. The van der Waals surface area contributed by atoms with Gasteiger partial charge in [0.2, 0.25) is 5.91 Å². The van der Waals surface area contributed by atoms with Gasteiger partial charge in [-0.15, -0.1) is 0 Å². The maximum atomic E-state index is 11.9. The fourth-order valence-corrected chi connectivity index (χ4v) is 4.77. The summed E-state index contributed by atoms with van der Waals surface area (Å²) >= 11 is 0. The van der Waals surface area contributed by atoms with Crippen molar-refractivity contribution in [3.63, 3.8) is 0 Å². The van der Waals surface area contributed by atoms with Crippen LogP contribution in [-0.2, 0) is 16.8 Å². The lowest BCUT2D eigenvalue weighted by Crippen LogP contribution is -2.41. The van der Waals surface area contributed by atoms with Gasteiger partial charge in [-0.3, -0.25) is 9.69 Å². The quantitative estimate of drug-likeness (QED) is 0.929. The third kappa shape index (κ3) is 3.11. The summed E-state index contributed by atoms with van der Waals surface area (Å²) in [5, 5.41) is 2.79. The number of nitrogens with one attached hydrogen (secondary N) is 1. The van der Waals surface area contributed by atoms with Crippen LogP contribution in [0, 0.1) is 0 Å². The standard InChI is InChI=1S/C21H26N2O2/c1-22-20(24)13-16-14-21(19-7-3-2-6-18(16)19)8-10-23(11-9-21)15-17-5-4-12-25-17/h2-7,12,16H,8-11,13-15H2,1H3,(H,22,24)/t16-/m1/s1. The number of carbonyl (C=O) groups is 1. The number of nitrogens with zero attached hydrogens (tertiary/aromatic N) is 1. The van der Waals surface area contributed by atoms with Gasteiger partial charge in [0, 0.05) is 13.5 Å². The van der Waals surface area contributed by atoms with Gasteiger partial charge in [-0.25, -0.2) is 0 Å². The number of piperidine rings is 1. The molecule has 1 aromatic heterocycles. The first-order chi connectivity index (χ1) is 12.2. The molecule has 2 aromatic rings. The fraction of sp³-hybridized carbons (Fsp3) is 0.476. The Bertz CT molecular complexity index is 730. The number of hydrogen-bond donors (Lipinski definition) is 1. The van der Waals surface area contributed by atoms with Crippen molar-refractivity contribution in [2.75, 3.05) is 20.1 Å². The highest BCUT2D eigenvalue weighted by atomic mass is 16.3. The molecule has 132 valence electrons. The SMILES string of the molecule is CNC(=O)C[C@@H]1CC2(CCN(Cc3ccco3)CC2)c2ccccc21. The van der Waals surface area contributed by atoms with Gasteiger partial charge in [-0.1, -0.05) is 24.3 Å². The second kappa shape index (κ2) is 6.68. The molecule has 1 amide bonds. The summed E-state index contributed by atoms with van der Waals surface area (Å²) < 4.78 is 5.50. The summed E-state index contributed by atoms with van der Waals surface area (Å²) in [7, 11) is 1.73. The van der Waals surface area contributed by atoms with Gasteiger partial charge in [0.05, 0.1) is 12.8 Å². The van der Waals surface area contributed by atoms with E-state index in [4.69, 9.17) is 4.42 Å². The molecular weight excluding hydrogens is 312 g/mol. The summed E-state index contributed by atoms with van der Waals surface area (Å²) in [5.41, 5.74) is 3.13. The second-order valence-corrected chi connectivity index (χ2v) is 7.50. The Hall–Kier alpha value is -2.07. The zero-order chi connectivity index (χ0) is 17.3. The van der Waals surface area contributed by atoms with Crippen molar-refractivity contribution >= 4 is 5.91 Å². The van der Waals surface area contributed by atoms with Crippen LogP contribution in [0.4, 0.5) is 0 Å². The Labute approximate surface area is 149 Å². The number of amides is 1. The van der Waals surface area contributed by atoms with Gasteiger partial charge < -0.3 is 9.73 Å². The monoisotopic (exact) mass is 338 g/mol. The Morgan fingerprint density at radius 3 is 2.76 bits per heavy atom. The normalized spacial score (nSPS) is 22.0. The zero-order valence-electron chi connectivity index (χ0n) is 14.8. The first kappa shape index (κ1) is 16.4. The third-order valence-electron chi connectivity index (χ3n) is 6.09. The molecule has 0 unspecified atom stereocenters. The average Bonchev–Trinajstić information content (AvgIpc) is 3.25. The molecule has 0 bridgehead atoms. The maximum absolute atomic E-state index is 11.9. The molecule has 25 heavy (non-hydrogen) atoms. The molecular formula is C21H26N2O2. The molecule has 1 aliphatic heterocycles. The van der Waals surface area contributed by atoms with Crippen LogP contribution < -0.4 is 5.32 Å². The van der Waals surface area contributed by atoms with Crippen LogP contribution in [0.5, 0.6) is 0 Å². The van der Waals surface area contributed by atoms with Gasteiger partial charge in [0.25, 0.3) is 0 Å². The van der Waals surface area contributed by atoms with Crippen LogP contribution in [0.1, 0.15) is 48.5 Å². The van der Waals surface area contributed by atoms with Crippen molar-refractivity contribution in [1.82, 2.24) is 10.2 Å². The van der Waals surface area contributed by atoms with E-state index in [2.05, 4.69) is 40.5 Å². The van der Waals surface area contributed by atoms with E-state index in [0.717, 1.165) is 44.7 Å². The summed E-state index contributed by atoms with van der Waals surface area (Å²) in [4.78, 5) is 14.4. The van der Waals surface area contributed by atoms with Crippen LogP contribution in [0.15, 0.2) is 47.1 Å². The highest BCUT2D eigenvalue weighted by molar-refractivity contribution is 5.77. The molecule has 4 heteroatoms. The van der Waals surface area contributed by atoms with Crippen molar-refractivity contribution < 1.29 is 9.21 Å². The summed E-state index contributed by atoms with van der Waals surface area (Å²) in [5.74, 6) is 1.54. The van der Waals surface area contributed by atoms with Gasteiger partial charge in [-0.2, -0.15) is 0 Å². The van der Waals surface area contributed by atoms with E-state index in [1.807, 2.05) is 6.07 Å². The molecule has 2 heterocycles.